The molecule has 0 aliphatic heterocycles. The highest BCUT2D eigenvalue weighted by Gasteiger charge is 2.15. The lowest BCUT2D eigenvalue weighted by Gasteiger charge is -2.20. The van der Waals surface area contributed by atoms with Crippen molar-refractivity contribution >= 4 is 5.78 Å². The summed E-state index contributed by atoms with van der Waals surface area (Å²) < 4.78 is 0. The Morgan fingerprint density at radius 3 is 1.72 bits per heavy atom. The van der Waals surface area contributed by atoms with Gasteiger partial charge in [-0.15, -0.1) is 0 Å². The third-order valence-corrected chi connectivity index (χ3v) is 4.38. The van der Waals surface area contributed by atoms with E-state index in [-0.39, 0.29) is 11.8 Å². The predicted molar refractivity (Wildman–Crippen MR) is 103 cm³/mol. The Bertz CT molecular complexity index is 775. The van der Waals surface area contributed by atoms with Gasteiger partial charge in [0, 0.05) is 5.56 Å². The Balaban J connectivity index is 1.82. The van der Waals surface area contributed by atoms with Crippen LogP contribution in [0, 0.1) is 13.8 Å². The second-order valence-electron chi connectivity index (χ2n) is 6.42. The molecule has 2 heteroatoms. The van der Waals surface area contributed by atoms with Gasteiger partial charge in [-0.2, -0.15) is 0 Å². The van der Waals surface area contributed by atoms with Gasteiger partial charge < -0.3 is 0 Å². The van der Waals surface area contributed by atoms with Crippen molar-refractivity contribution in [1.29, 1.82) is 0 Å². The molecule has 25 heavy (non-hydrogen) atoms. The molecule has 0 fully saturated rings. The van der Waals surface area contributed by atoms with Crippen LogP contribution in [0.25, 0.3) is 0 Å². The molecule has 0 saturated heterocycles. The Morgan fingerprint density at radius 1 is 0.760 bits per heavy atom. The first-order chi connectivity index (χ1) is 12.1. The van der Waals surface area contributed by atoms with E-state index in [9.17, 15) is 4.79 Å². The summed E-state index contributed by atoms with van der Waals surface area (Å²) in [6.07, 6.45) is 0. The van der Waals surface area contributed by atoms with Crippen molar-refractivity contribution in [2.24, 2.45) is 0 Å². The molecule has 0 aromatic heterocycles. The van der Waals surface area contributed by atoms with Crippen molar-refractivity contribution in [1.82, 2.24) is 5.32 Å². The van der Waals surface area contributed by atoms with Crippen molar-refractivity contribution in [3.63, 3.8) is 0 Å². The largest absolute Gasteiger partial charge is 0.299 e. The van der Waals surface area contributed by atoms with E-state index >= 15 is 0 Å². The molecule has 0 amide bonds. The lowest BCUT2D eigenvalue weighted by Crippen LogP contribution is -2.28. The molecule has 0 radical (unpaired) electrons. The van der Waals surface area contributed by atoms with Crippen molar-refractivity contribution < 1.29 is 4.79 Å². The van der Waals surface area contributed by atoms with Gasteiger partial charge in [-0.1, -0.05) is 90.0 Å². The van der Waals surface area contributed by atoms with Gasteiger partial charge in [0.1, 0.15) is 0 Å². The van der Waals surface area contributed by atoms with Crippen LogP contribution in [0.5, 0.6) is 0 Å². The molecule has 0 atom stereocenters. The fourth-order valence-electron chi connectivity index (χ4n) is 2.87. The lowest BCUT2D eigenvalue weighted by molar-refractivity contribution is 0.0989. The van der Waals surface area contributed by atoms with Gasteiger partial charge in [0.05, 0.1) is 12.6 Å². The molecule has 1 N–H and O–H groups in total. The molecule has 0 saturated carbocycles. The van der Waals surface area contributed by atoms with Crippen LogP contribution in [0.1, 0.15) is 38.7 Å². The molecule has 0 spiro atoms. The second-order valence-corrected chi connectivity index (χ2v) is 6.42. The number of benzene rings is 3. The monoisotopic (exact) mass is 329 g/mol. The molecule has 0 aliphatic carbocycles. The van der Waals surface area contributed by atoms with Crippen LogP contribution in [-0.4, -0.2) is 12.3 Å². The number of Topliss-reactive ketones (excluding diaryl/α,β-unsaturated/α-hetero) is 1. The van der Waals surface area contributed by atoms with Gasteiger partial charge >= 0.3 is 0 Å². The number of carbonyl (C=O) groups excluding carboxylic acids is 1. The van der Waals surface area contributed by atoms with E-state index < -0.39 is 0 Å². The minimum absolute atomic E-state index is 0.00568. The van der Waals surface area contributed by atoms with Crippen LogP contribution in [0.15, 0.2) is 78.9 Å². The summed E-state index contributed by atoms with van der Waals surface area (Å²) in [6.45, 7) is 4.46. The normalized spacial score (nSPS) is 10.8. The standard InChI is InChI=1S/C23H23NO/c1-17-8-12-20(13-9-17)23(21-14-10-18(2)11-15-21)24-16-22(25)19-6-4-3-5-7-19/h3-15,23-24H,16H2,1-2H3. The zero-order valence-electron chi connectivity index (χ0n) is 14.7. The molecule has 0 aliphatic rings. The molecule has 3 aromatic rings. The summed E-state index contributed by atoms with van der Waals surface area (Å²) in [5, 5.41) is 3.44. The van der Waals surface area contributed by atoms with Crippen molar-refractivity contribution in [2.45, 2.75) is 19.9 Å². The van der Waals surface area contributed by atoms with Gasteiger partial charge in [0.15, 0.2) is 5.78 Å². The first-order valence-electron chi connectivity index (χ1n) is 8.58. The average Bonchev–Trinajstić information content (AvgIpc) is 2.65. The first-order valence-corrected chi connectivity index (χ1v) is 8.58. The van der Waals surface area contributed by atoms with Crippen LogP contribution in [0.2, 0.25) is 0 Å². The number of ketones is 1. The van der Waals surface area contributed by atoms with Crippen molar-refractivity contribution in [2.75, 3.05) is 6.54 Å². The SMILES string of the molecule is Cc1ccc(C(NCC(=O)c2ccccc2)c2ccc(C)cc2)cc1. The van der Waals surface area contributed by atoms with Gasteiger partial charge in [-0.05, 0) is 25.0 Å². The number of nitrogens with one attached hydrogen (secondary N) is 1. The highest BCUT2D eigenvalue weighted by molar-refractivity contribution is 5.97. The van der Waals surface area contributed by atoms with E-state index in [4.69, 9.17) is 0 Å². The summed E-state index contributed by atoms with van der Waals surface area (Å²) in [7, 11) is 0. The van der Waals surface area contributed by atoms with E-state index in [2.05, 4.69) is 67.7 Å². The van der Waals surface area contributed by atoms with Gasteiger partial charge in [-0.3, -0.25) is 10.1 Å². The van der Waals surface area contributed by atoms with E-state index in [1.807, 2.05) is 30.3 Å². The van der Waals surface area contributed by atoms with Crippen LogP contribution in [-0.2, 0) is 0 Å². The smallest absolute Gasteiger partial charge is 0.176 e. The van der Waals surface area contributed by atoms with E-state index in [1.54, 1.807) is 0 Å². The topological polar surface area (TPSA) is 29.1 Å². The fraction of sp³-hybridized carbons (Fsp3) is 0.174. The van der Waals surface area contributed by atoms with E-state index in [0.29, 0.717) is 6.54 Å². The summed E-state index contributed by atoms with van der Waals surface area (Å²) in [5.41, 5.74) is 5.52. The van der Waals surface area contributed by atoms with E-state index in [0.717, 1.165) is 16.7 Å². The molecule has 0 bridgehead atoms. The number of hydrogen-bond acceptors (Lipinski definition) is 2. The third-order valence-electron chi connectivity index (χ3n) is 4.38. The molecular weight excluding hydrogens is 306 g/mol. The summed E-state index contributed by atoms with van der Waals surface area (Å²) in [4.78, 5) is 12.5. The van der Waals surface area contributed by atoms with Gasteiger partial charge in [-0.25, -0.2) is 0 Å². The Hall–Kier alpha value is -2.71. The highest BCUT2D eigenvalue weighted by Crippen LogP contribution is 2.23. The first kappa shape index (κ1) is 17.1. The fourth-order valence-corrected chi connectivity index (χ4v) is 2.87. The molecular formula is C23H23NO. The minimum atomic E-state index is -0.00568. The van der Waals surface area contributed by atoms with Gasteiger partial charge in [0.25, 0.3) is 0 Å². The van der Waals surface area contributed by atoms with Crippen LogP contribution in [0.4, 0.5) is 0 Å². The zero-order chi connectivity index (χ0) is 17.6. The quantitative estimate of drug-likeness (QED) is 0.654. The van der Waals surface area contributed by atoms with Crippen molar-refractivity contribution in [3.05, 3.63) is 107 Å². The molecule has 2 nitrogen and oxygen atoms in total. The lowest BCUT2D eigenvalue weighted by atomic mass is 9.96. The number of hydrogen-bond donors (Lipinski definition) is 1. The molecule has 0 heterocycles. The van der Waals surface area contributed by atoms with Crippen LogP contribution >= 0.6 is 0 Å². The Labute approximate surface area is 149 Å². The number of rotatable bonds is 6. The third kappa shape index (κ3) is 4.43. The van der Waals surface area contributed by atoms with Crippen molar-refractivity contribution in [3.8, 4) is 0 Å². The highest BCUT2D eigenvalue weighted by atomic mass is 16.1. The Kier molecular flexibility index (Phi) is 5.42. The minimum Gasteiger partial charge on any atom is -0.299 e. The maximum absolute atomic E-state index is 12.5. The summed E-state index contributed by atoms with van der Waals surface area (Å²) in [5.74, 6) is 0.102. The molecule has 3 aromatic carbocycles. The van der Waals surface area contributed by atoms with Crippen LogP contribution in [0.3, 0.4) is 0 Å². The molecule has 0 unspecified atom stereocenters. The maximum Gasteiger partial charge on any atom is 0.176 e. The predicted octanol–water partition coefficient (Wildman–Crippen LogP) is 4.87. The summed E-state index contributed by atoms with van der Waals surface area (Å²) in [6, 6.07) is 26.4. The molecule has 3 rings (SSSR count). The van der Waals surface area contributed by atoms with E-state index in [1.165, 1.54) is 11.1 Å². The molecule has 126 valence electrons. The maximum atomic E-state index is 12.5. The van der Waals surface area contributed by atoms with Gasteiger partial charge in [0.2, 0.25) is 0 Å². The summed E-state index contributed by atoms with van der Waals surface area (Å²) >= 11 is 0. The Morgan fingerprint density at radius 2 is 1.24 bits per heavy atom. The zero-order valence-corrected chi connectivity index (χ0v) is 14.7. The number of aryl methyl sites for hydroxylation is 2. The second kappa shape index (κ2) is 7.91. The average molecular weight is 329 g/mol. The van der Waals surface area contributed by atoms with Crippen LogP contribution < -0.4 is 5.32 Å². The number of carbonyl (C=O) groups is 1.